The Bertz CT molecular complexity index is 673. The summed E-state index contributed by atoms with van der Waals surface area (Å²) in [6.45, 7) is 1.67. The Morgan fingerprint density at radius 2 is 2.00 bits per heavy atom. The molecule has 0 unspecified atom stereocenters. The lowest BCUT2D eigenvalue weighted by Gasteiger charge is -2.12. The molecule has 0 bridgehead atoms. The first-order chi connectivity index (χ1) is 9.97. The van der Waals surface area contributed by atoms with Gasteiger partial charge in [-0.3, -0.25) is 15.1 Å². The van der Waals surface area contributed by atoms with Crippen LogP contribution in [0.15, 0.2) is 42.6 Å². The normalized spacial score (nSPS) is 11.7. The number of non-ortho nitro benzene ring substituents is 1. The zero-order chi connectivity index (χ0) is 15.4. The molecular formula is C14H11ClN2O4. The van der Waals surface area contributed by atoms with Crippen LogP contribution in [-0.4, -0.2) is 15.9 Å². The molecule has 0 saturated heterocycles. The first-order valence-electron chi connectivity index (χ1n) is 6.04. The maximum absolute atomic E-state index is 11.9. The molecule has 2 rings (SSSR count). The SMILES string of the molecule is C[C@H](OC(=O)c1ccc([N+](=O)[O-])cc1)c1cc(Cl)ccn1. The second-order valence-electron chi connectivity index (χ2n) is 4.25. The van der Waals surface area contributed by atoms with Crippen molar-refractivity contribution in [3.8, 4) is 0 Å². The van der Waals surface area contributed by atoms with E-state index < -0.39 is 17.0 Å². The van der Waals surface area contributed by atoms with Gasteiger partial charge >= 0.3 is 5.97 Å². The van der Waals surface area contributed by atoms with Gasteiger partial charge in [-0.25, -0.2) is 4.79 Å². The van der Waals surface area contributed by atoms with Gasteiger partial charge in [0.1, 0.15) is 6.10 Å². The van der Waals surface area contributed by atoms with Crippen LogP contribution in [0.3, 0.4) is 0 Å². The minimum Gasteiger partial charge on any atom is -0.453 e. The van der Waals surface area contributed by atoms with Gasteiger partial charge in [0, 0.05) is 23.4 Å². The lowest BCUT2D eigenvalue weighted by molar-refractivity contribution is -0.384. The molecular weight excluding hydrogens is 296 g/mol. The summed E-state index contributed by atoms with van der Waals surface area (Å²) in [6.07, 6.45) is 0.944. The maximum Gasteiger partial charge on any atom is 0.338 e. The highest BCUT2D eigenvalue weighted by molar-refractivity contribution is 6.30. The minimum absolute atomic E-state index is 0.0869. The van der Waals surface area contributed by atoms with E-state index in [1.165, 1.54) is 30.5 Å². The number of rotatable bonds is 4. The summed E-state index contributed by atoms with van der Waals surface area (Å²) in [4.78, 5) is 26.0. The van der Waals surface area contributed by atoms with Crippen molar-refractivity contribution < 1.29 is 14.5 Å². The van der Waals surface area contributed by atoms with Gasteiger partial charge in [-0.15, -0.1) is 0 Å². The van der Waals surface area contributed by atoms with E-state index >= 15 is 0 Å². The van der Waals surface area contributed by atoms with Gasteiger partial charge in [-0.05, 0) is 31.2 Å². The zero-order valence-corrected chi connectivity index (χ0v) is 11.8. The molecule has 0 spiro atoms. The molecule has 0 aliphatic heterocycles. The summed E-state index contributed by atoms with van der Waals surface area (Å²) in [5.41, 5.74) is 0.670. The minimum atomic E-state index is -0.584. The Hall–Kier alpha value is -2.47. The number of hydrogen-bond donors (Lipinski definition) is 0. The number of nitro groups is 1. The van der Waals surface area contributed by atoms with Gasteiger partial charge in [0.2, 0.25) is 0 Å². The summed E-state index contributed by atoms with van der Waals surface area (Å²) in [5.74, 6) is -0.584. The number of pyridine rings is 1. The van der Waals surface area contributed by atoms with Gasteiger partial charge in [-0.2, -0.15) is 0 Å². The smallest absolute Gasteiger partial charge is 0.338 e. The molecule has 108 valence electrons. The molecule has 0 aliphatic carbocycles. The Morgan fingerprint density at radius 3 is 2.57 bits per heavy atom. The van der Waals surface area contributed by atoms with Crippen molar-refractivity contribution in [1.82, 2.24) is 4.98 Å². The maximum atomic E-state index is 11.9. The number of esters is 1. The monoisotopic (exact) mass is 306 g/mol. The van der Waals surface area contributed by atoms with Gasteiger partial charge in [0.25, 0.3) is 5.69 Å². The quantitative estimate of drug-likeness (QED) is 0.490. The standard InChI is InChI=1S/C14H11ClN2O4/c1-9(13-8-11(15)6-7-16-13)21-14(18)10-2-4-12(5-3-10)17(19)20/h2-9H,1H3/t9-/m0/s1. The van der Waals surface area contributed by atoms with Gasteiger partial charge in [0.05, 0.1) is 16.2 Å². The van der Waals surface area contributed by atoms with Crippen LogP contribution in [0, 0.1) is 10.1 Å². The first-order valence-corrected chi connectivity index (χ1v) is 6.42. The Balaban J connectivity index is 2.08. The largest absolute Gasteiger partial charge is 0.453 e. The van der Waals surface area contributed by atoms with Crippen LogP contribution in [0.4, 0.5) is 5.69 Å². The predicted molar refractivity (Wildman–Crippen MR) is 76.2 cm³/mol. The number of carbonyl (C=O) groups is 1. The fraction of sp³-hybridized carbons (Fsp3) is 0.143. The summed E-state index contributed by atoms with van der Waals surface area (Å²) in [6, 6.07) is 8.42. The van der Waals surface area contributed by atoms with Crippen molar-refractivity contribution in [2.24, 2.45) is 0 Å². The van der Waals surface area contributed by atoms with Crippen molar-refractivity contribution in [1.29, 1.82) is 0 Å². The fourth-order valence-electron chi connectivity index (χ4n) is 1.65. The van der Waals surface area contributed by atoms with Crippen molar-refractivity contribution in [3.63, 3.8) is 0 Å². The van der Waals surface area contributed by atoms with Crippen LogP contribution >= 0.6 is 11.6 Å². The summed E-state index contributed by atoms with van der Waals surface area (Å²) in [5, 5.41) is 11.0. The first kappa shape index (κ1) is 14.9. The third-order valence-corrected chi connectivity index (χ3v) is 2.99. The molecule has 1 aromatic carbocycles. The topological polar surface area (TPSA) is 82.3 Å². The molecule has 0 saturated carbocycles. The molecule has 21 heavy (non-hydrogen) atoms. The second kappa shape index (κ2) is 6.32. The highest BCUT2D eigenvalue weighted by Gasteiger charge is 2.16. The Labute approximate surface area is 125 Å². The fourth-order valence-corrected chi connectivity index (χ4v) is 1.82. The molecule has 0 fully saturated rings. The van der Waals surface area contributed by atoms with Gasteiger partial charge in [-0.1, -0.05) is 11.6 Å². The van der Waals surface area contributed by atoms with Crippen molar-refractivity contribution in [2.75, 3.05) is 0 Å². The Morgan fingerprint density at radius 1 is 1.33 bits per heavy atom. The number of carbonyl (C=O) groups excluding carboxylic acids is 1. The number of nitro benzene ring substituents is 1. The second-order valence-corrected chi connectivity index (χ2v) is 4.69. The molecule has 2 aromatic rings. The van der Waals surface area contributed by atoms with Crippen LogP contribution in [0.2, 0.25) is 5.02 Å². The van der Waals surface area contributed by atoms with Crippen LogP contribution < -0.4 is 0 Å². The molecule has 1 atom stereocenters. The summed E-state index contributed by atoms with van der Waals surface area (Å²) < 4.78 is 5.25. The summed E-state index contributed by atoms with van der Waals surface area (Å²) >= 11 is 5.85. The number of ether oxygens (including phenoxy) is 1. The van der Waals surface area contributed by atoms with E-state index in [4.69, 9.17) is 16.3 Å². The lowest BCUT2D eigenvalue weighted by Crippen LogP contribution is -2.10. The molecule has 1 aromatic heterocycles. The van der Waals surface area contributed by atoms with Crippen molar-refractivity contribution >= 4 is 23.3 Å². The predicted octanol–water partition coefficient (Wildman–Crippen LogP) is 3.56. The molecule has 7 heteroatoms. The Kier molecular flexibility index (Phi) is 4.49. The van der Waals surface area contributed by atoms with Crippen LogP contribution in [0.25, 0.3) is 0 Å². The average Bonchev–Trinajstić information content (AvgIpc) is 2.47. The third kappa shape index (κ3) is 3.76. The summed E-state index contributed by atoms with van der Waals surface area (Å²) in [7, 11) is 0. The van der Waals surface area contributed by atoms with E-state index in [0.29, 0.717) is 10.7 Å². The number of nitrogens with zero attached hydrogens (tertiary/aromatic N) is 2. The van der Waals surface area contributed by atoms with Crippen molar-refractivity contribution in [2.45, 2.75) is 13.0 Å². The number of hydrogen-bond acceptors (Lipinski definition) is 5. The number of aromatic nitrogens is 1. The third-order valence-electron chi connectivity index (χ3n) is 2.76. The van der Waals surface area contributed by atoms with E-state index in [-0.39, 0.29) is 11.3 Å². The number of benzene rings is 1. The van der Waals surface area contributed by atoms with Gasteiger partial charge in [0.15, 0.2) is 0 Å². The van der Waals surface area contributed by atoms with E-state index in [1.807, 2.05) is 0 Å². The van der Waals surface area contributed by atoms with Gasteiger partial charge < -0.3 is 4.74 Å². The zero-order valence-electron chi connectivity index (χ0n) is 11.0. The molecule has 0 amide bonds. The van der Waals surface area contributed by atoms with Crippen molar-refractivity contribution in [3.05, 3.63) is 69.0 Å². The van der Waals surface area contributed by atoms with E-state index in [9.17, 15) is 14.9 Å². The molecule has 6 nitrogen and oxygen atoms in total. The highest BCUT2D eigenvalue weighted by atomic mass is 35.5. The lowest BCUT2D eigenvalue weighted by atomic mass is 10.2. The van der Waals surface area contributed by atoms with Crippen LogP contribution in [0.5, 0.6) is 0 Å². The van der Waals surface area contributed by atoms with E-state index in [2.05, 4.69) is 4.98 Å². The van der Waals surface area contributed by atoms with E-state index in [0.717, 1.165) is 0 Å². The average molecular weight is 307 g/mol. The number of halogens is 1. The highest BCUT2D eigenvalue weighted by Crippen LogP contribution is 2.20. The molecule has 0 aliphatic rings. The van der Waals surface area contributed by atoms with Crippen LogP contribution in [-0.2, 0) is 4.74 Å². The van der Waals surface area contributed by atoms with E-state index in [1.54, 1.807) is 19.1 Å². The molecule has 0 N–H and O–H groups in total. The molecule has 0 radical (unpaired) electrons. The van der Waals surface area contributed by atoms with Crippen LogP contribution in [0.1, 0.15) is 29.1 Å². The molecule has 1 heterocycles.